The highest BCUT2D eigenvalue weighted by Crippen LogP contribution is 2.13. The Morgan fingerprint density at radius 3 is 2.79 bits per heavy atom. The van der Waals surface area contributed by atoms with Crippen LogP contribution in [0.5, 0.6) is 0 Å². The zero-order chi connectivity index (χ0) is 13.7. The number of nitrogens with one attached hydrogen (secondary N) is 2. The fourth-order valence-corrected chi connectivity index (χ4v) is 2.15. The third-order valence-electron chi connectivity index (χ3n) is 3.30. The summed E-state index contributed by atoms with van der Waals surface area (Å²) in [5.74, 6) is -0.0910. The van der Waals surface area contributed by atoms with Crippen molar-refractivity contribution in [2.45, 2.75) is 25.3 Å². The van der Waals surface area contributed by atoms with Gasteiger partial charge in [0.1, 0.15) is 0 Å². The van der Waals surface area contributed by atoms with Crippen LogP contribution in [-0.2, 0) is 0 Å². The number of amides is 1. The molecule has 0 radical (unpaired) electrons. The second-order valence-corrected chi connectivity index (χ2v) is 4.81. The average Bonchev–Trinajstić information content (AvgIpc) is 2.64. The van der Waals surface area contributed by atoms with E-state index in [0.717, 1.165) is 32.4 Å². The van der Waals surface area contributed by atoms with Crippen LogP contribution in [0.1, 0.15) is 29.6 Å². The van der Waals surface area contributed by atoms with Gasteiger partial charge in [-0.15, -0.1) is 0 Å². The van der Waals surface area contributed by atoms with Gasteiger partial charge in [-0.1, -0.05) is 0 Å². The van der Waals surface area contributed by atoms with Crippen LogP contribution in [0.4, 0.5) is 5.95 Å². The molecule has 0 aromatic carbocycles. The number of hydrogen-bond donors (Lipinski definition) is 3. The van der Waals surface area contributed by atoms with Crippen molar-refractivity contribution < 1.29 is 10.0 Å². The minimum Gasteiger partial charge on any atom is -0.351 e. The summed E-state index contributed by atoms with van der Waals surface area (Å²) in [6.07, 6.45) is 6.08. The highest BCUT2D eigenvalue weighted by Gasteiger charge is 2.15. The first-order valence-corrected chi connectivity index (χ1v) is 6.40. The van der Waals surface area contributed by atoms with Crippen molar-refractivity contribution in [3.05, 3.63) is 18.0 Å². The molecule has 19 heavy (non-hydrogen) atoms. The molecule has 1 saturated heterocycles. The second-order valence-electron chi connectivity index (χ2n) is 4.81. The Morgan fingerprint density at radius 2 is 2.11 bits per heavy atom. The molecule has 1 aromatic rings. The van der Waals surface area contributed by atoms with Crippen molar-refractivity contribution in [2.24, 2.45) is 0 Å². The molecule has 0 bridgehead atoms. The van der Waals surface area contributed by atoms with Gasteiger partial charge in [0.05, 0.1) is 5.56 Å². The van der Waals surface area contributed by atoms with Crippen molar-refractivity contribution in [1.82, 2.24) is 20.3 Å². The van der Waals surface area contributed by atoms with E-state index in [1.54, 1.807) is 5.48 Å². The van der Waals surface area contributed by atoms with Crippen LogP contribution in [0.15, 0.2) is 12.4 Å². The Labute approximate surface area is 112 Å². The Hall–Kier alpha value is -1.73. The number of anilines is 1. The van der Waals surface area contributed by atoms with Crippen molar-refractivity contribution >= 4 is 11.9 Å². The van der Waals surface area contributed by atoms with Crippen molar-refractivity contribution in [3.8, 4) is 0 Å². The zero-order valence-corrected chi connectivity index (χ0v) is 11.0. The molecule has 0 saturated carbocycles. The van der Waals surface area contributed by atoms with E-state index in [9.17, 15) is 4.79 Å². The number of carbonyl (C=O) groups excluding carboxylic acids is 1. The largest absolute Gasteiger partial charge is 0.351 e. The highest BCUT2D eigenvalue weighted by atomic mass is 16.5. The number of carbonyl (C=O) groups is 1. The lowest BCUT2D eigenvalue weighted by Crippen LogP contribution is -2.24. The summed E-state index contributed by atoms with van der Waals surface area (Å²) in [5, 5.41) is 11.8. The van der Waals surface area contributed by atoms with E-state index in [4.69, 9.17) is 5.21 Å². The summed E-state index contributed by atoms with van der Waals surface area (Å²) >= 11 is 0. The Morgan fingerprint density at radius 1 is 1.37 bits per heavy atom. The van der Waals surface area contributed by atoms with E-state index >= 15 is 0 Å². The van der Waals surface area contributed by atoms with Gasteiger partial charge in [0.15, 0.2) is 0 Å². The van der Waals surface area contributed by atoms with Gasteiger partial charge in [0, 0.05) is 18.4 Å². The van der Waals surface area contributed by atoms with E-state index in [-0.39, 0.29) is 5.56 Å². The summed E-state index contributed by atoms with van der Waals surface area (Å²) < 4.78 is 0. The third-order valence-corrected chi connectivity index (χ3v) is 3.30. The molecule has 1 unspecified atom stereocenters. The van der Waals surface area contributed by atoms with Gasteiger partial charge in [-0.3, -0.25) is 10.0 Å². The lowest BCUT2D eigenvalue weighted by atomic mass is 10.1. The fourth-order valence-electron chi connectivity index (χ4n) is 2.15. The van der Waals surface area contributed by atoms with Gasteiger partial charge in [-0.2, -0.15) is 0 Å². The number of likely N-dealkylation sites (tertiary alicyclic amines) is 1. The molecule has 0 aliphatic carbocycles. The minimum absolute atomic E-state index is 0.230. The maximum absolute atomic E-state index is 11.1. The molecule has 1 aromatic heterocycles. The third kappa shape index (κ3) is 3.87. The summed E-state index contributed by atoms with van der Waals surface area (Å²) in [5.41, 5.74) is 1.78. The Kier molecular flexibility index (Phi) is 4.64. The number of aromatic nitrogens is 2. The number of hydrogen-bond acceptors (Lipinski definition) is 6. The van der Waals surface area contributed by atoms with Crippen LogP contribution in [0.25, 0.3) is 0 Å². The summed E-state index contributed by atoms with van der Waals surface area (Å²) in [6, 6.07) is 0.363. The number of nitrogens with zero attached hydrogens (tertiary/aromatic N) is 3. The molecule has 1 fully saturated rings. The normalized spacial score (nSPS) is 20.6. The Bertz CT molecular complexity index is 423. The van der Waals surface area contributed by atoms with Crippen molar-refractivity contribution in [3.63, 3.8) is 0 Å². The van der Waals surface area contributed by atoms with E-state index < -0.39 is 5.91 Å². The minimum atomic E-state index is -0.609. The molecule has 3 N–H and O–H groups in total. The van der Waals surface area contributed by atoms with Crippen LogP contribution < -0.4 is 10.8 Å². The first-order chi connectivity index (χ1) is 9.19. The maximum Gasteiger partial charge on any atom is 0.277 e. The quantitative estimate of drug-likeness (QED) is 0.544. The highest BCUT2D eigenvalue weighted by molar-refractivity contribution is 5.92. The van der Waals surface area contributed by atoms with E-state index in [2.05, 4.69) is 27.2 Å². The molecular weight excluding hydrogens is 246 g/mol. The standard InChI is InChI=1S/C12H19N5O2/c1-17-5-2-3-10(4-6-17)15-12-13-7-9(8-14-12)11(18)16-19/h7-8,10,19H,2-6H2,1H3,(H,16,18)(H,13,14,15). The van der Waals surface area contributed by atoms with Gasteiger partial charge in [0.2, 0.25) is 5.95 Å². The molecule has 0 spiro atoms. The monoisotopic (exact) mass is 265 g/mol. The summed E-state index contributed by atoms with van der Waals surface area (Å²) in [4.78, 5) is 21.6. The van der Waals surface area contributed by atoms with E-state index in [1.807, 2.05) is 0 Å². The zero-order valence-electron chi connectivity index (χ0n) is 11.0. The predicted octanol–water partition coefficient (Wildman–Crippen LogP) is 0.492. The van der Waals surface area contributed by atoms with Crippen LogP contribution in [0, 0.1) is 0 Å². The lowest BCUT2D eigenvalue weighted by molar-refractivity contribution is 0.0705. The molecule has 7 nitrogen and oxygen atoms in total. The van der Waals surface area contributed by atoms with E-state index in [1.165, 1.54) is 12.4 Å². The Balaban J connectivity index is 1.93. The maximum atomic E-state index is 11.1. The van der Waals surface area contributed by atoms with Crippen molar-refractivity contribution in [1.29, 1.82) is 0 Å². The number of rotatable bonds is 3. The molecule has 2 rings (SSSR count). The molecule has 1 aliphatic heterocycles. The van der Waals surface area contributed by atoms with Gasteiger partial charge >= 0.3 is 0 Å². The topological polar surface area (TPSA) is 90.4 Å². The van der Waals surface area contributed by atoms with Crippen molar-refractivity contribution in [2.75, 3.05) is 25.5 Å². The SMILES string of the molecule is CN1CCCC(Nc2ncc(C(=O)NO)cn2)CC1. The van der Waals surface area contributed by atoms with Gasteiger partial charge in [-0.25, -0.2) is 15.4 Å². The van der Waals surface area contributed by atoms with Crippen LogP contribution in [-0.4, -0.2) is 52.2 Å². The number of hydroxylamine groups is 1. The molecule has 2 heterocycles. The predicted molar refractivity (Wildman–Crippen MR) is 70.0 cm³/mol. The molecule has 104 valence electrons. The first kappa shape index (κ1) is 13.7. The average molecular weight is 265 g/mol. The van der Waals surface area contributed by atoms with Crippen LogP contribution >= 0.6 is 0 Å². The molecule has 7 heteroatoms. The molecule has 1 amide bonds. The smallest absolute Gasteiger partial charge is 0.277 e. The summed E-state index contributed by atoms with van der Waals surface area (Å²) in [6.45, 7) is 2.18. The fraction of sp³-hybridized carbons (Fsp3) is 0.583. The first-order valence-electron chi connectivity index (χ1n) is 6.40. The molecular formula is C12H19N5O2. The molecule has 1 atom stereocenters. The van der Waals surface area contributed by atoms with Gasteiger partial charge in [0.25, 0.3) is 5.91 Å². The van der Waals surface area contributed by atoms with Gasteiger partial charge < -0.3 is 10.2 Å². The van der Waals surface area contributed by atoms with Crippen LogP contribution in [0.2, 0.25) is 0 Å². The lowest BCUT2D eigenvalue weighted by Gasteiger charge is -2.16. The summed E-state index contributed by atoms with van der Waals surface area (Å²) in [7, 11) is 2.13. The molecule has 1 aliphatic rings. The van der Waals surface area contributed by atoms with E-state index in [0.29, 0.717) is 12.0 Å². The van der Waals surface area contributed by atoms with Gasteiger partial charge in [-0.05, 0) is 39.4 Å². The van der Waals surface area contributed by atoms with Crippen LogP contribution in [0.3, 0.4) is 0 Å². The second kappa shape index (κ2) is 6.44.